The average molecular weight is 196 g/mol. The van der Waals surface area contributed by atoms with Crippen LogP contribution in [0, 0.1) is 5.92 Å². The van der Waals surface area contributed by atoms with E-state index in [1.807, 2.05) is 7.05 Å². The highest BCUT2D eigenvalue weighted by molar-refractivity contribution is 5.20. The molecule has 1 aliphatic rings. The van der Waals surface area contributed by atoms with Crippen molar-refractivity contribution in [2.45, 2.75) is 32.4 Å². The standard InChI is InChI=1S/C9H16N4O/c1-6(7-3-4-7)11-9-13-12-8(14-9)5-10-2/h6-7,10H,3-5H2,1-2H3,(H,11,13). The van der Waals surface area contributed by atoms with Gasteiger partial charge in [0.25, 0.3) is 0 Å². The topological polar surface area (TPSA) is 63.0 Å². The molecule has 78 valence electrons. The van der Waals surface area contributed by atoms with Crippen molar-refractivity contribution in [3.8, 4) is 0 Å². The molecule has 2 N–H and O–H groups in total. The number of hydrogen-bond donors (Lipinski definition) is 2. The van der Waals surface area contributed by atoms with Crippen molar-refractivity contribution in [3.05, 3.63) is 5.89 Å². The molecule has 0 aromatic carbocycles. The summed E-state index contributed by atoms with van der Waals surface area (Å²) in [7, 11) is 1.85. The van der Waals surface area contributed by atoms with E-state index in [0.29, 0.717) is 24.5 Å². The normalized spacial score (nSPS) is 18.1. The van der Waals surface area contributed by atoms with Crippen LogP contribution in [0.25, 0.3) is 0 Å². The van der Waals surface area contributed by atoms with E-state index in [1.165, 1.54) is 12.8 Å². The van der Waals surface area contributed by atoms with Crippen molar-refractivity contribution in [2.75, 3.05) is 12.4 Å². The van der Waals surface area contributed by atoms with Crippen molar-refractivity contribution >= 4 is 6.01 Å². The molecule has 0 saturated heterocycles. The lowest BCUT2D eigenvalue weighted by Gasteiger charge is -2.08. The zero-order chi connectivity index (χ0) is 9.97. The number of rotatable bonds is 5. The Bertz CT molecular complexity index is 295. The molecule has 1 aromatic rings. The third-order valence-corrected chi connectivity index (χ3v) is 2.48. The number of nitrogens with zero attached hydrogens (tertiary/aromatic N) is 2. The minimum atomic E-state index is 0.442. The van der Waals surface area contributed by atoms with Crippen LogP contribution in [-0.2, 0) is 6.54 Å². The third-order valence-electron chi connectivity index (χ3n) is 2.48. The Balaban J connectivity index is 1.88. The highest BCUT2D eigenvalue weighted by Gasteiger charge is 2.28. The van der Waals surface area contributed by atoms with Crippen LogP contribution < -0.4 is 10.6 Å². The lowest BCUT2D eigenvalue weighted by atomic mass is 10.2. The number of aromatic nitrogens is 2. The van der Waals surface area contributed by atoms with Gasteiger partial charge in [0.15, 0.2) is 0 Å². The summed E-state index contributed by atoms with van der Waals surface area (Å²) in [4.78, 5) is 0. The van der Waals surface area contributed by atoms with Gasteiger partial charge in [0.1, 0.15) is 0 Å². The molecule has 1 saturated carbocycles. The van der Waals surface area contributed by atoms with Gasteiger partial charge < -0.3 is 15.1 Å². The Morgan fingerprint density at radius 3 is 2.93 bits per heavy atom. The predicted octanol–water partition coefficient (Wildman–Crippen LogP) is 0.999. The molecular formula is C9H16N4O. The smallest absolute Gasteiger partial charge is 0.315 e. The number of nitrogens with one attached hydrogen (secondary N) is 2. The fourth-order valence-electron chi connectivity index (χ4n) is 1.44. The van der Waals surface area contributed by atoms with Crippen LogP contribution in [0.4, 0.5) is 6.01 Å². The van der Waals surface area contributed by atoms with Gasteiger partial charge in [-0.2, -0.15) is 0 Å². The lowest BCUT2D eigenvalue weighted by molar-refractivity contribution is 0.482. The molecule has 1 atom stereocenters. The van der Waals surface area contributed by atoms with Crippen LogP contribution in [0.2, 0.25) is 0 Å². The Morgan fingerprint density at radius 1 is 1.50 bits per heavy atom. The molecule has 1 fully saturated rings. The summed E-state index contributed by atoms with van der Waals surface area (Å²) in [5, 5.41) is 14.0. The third kappa shape index (κ3) is 2.23. The minimum absolute atomic E-state index is 0.442. The van der Waals surface area contributed by atoms with Gasteiger partial charge in [-0.25, -0.2) is 0 Å². The molecule has 5 heteroatoms. The largest absolute Gasteiger partial charge is 0.407 e. The first-order chi connectivity index (χ1) is 6.79. The van der Waals surface area contributed by atoms with E-state index in [0.717, 1.165) is 5.92 Å². The van der Waals surface area contributed by atoms with Crippen molar-refractivity contribution in [1.29, 1.82) is 0 Å². The molecule has 0 amide bonds. The first-order valence-corrected chi connectivity index (χ1v) is 5.03. The van der Waals surface area contributed by atoms with E-state index in [-0.39, 0.29) is 0 Å². The lowest BCUT2D eigenvalue weighted by Crippen LogP contribution is -2.17. The molecule has 0 spiro atoms. The van der Waals surface area contributed by atoms with E-state index in [9.17, 15) is 0 Å². The predicted molar refractivity (Wildman–Crippen MR) is 52.9 cm³/mol. The summed E-state index contributed by atoms with van der Waals surface area (Å²) in [6, 6.07) is 0.979. The zero-order valence-electron chi connectivity index (χ0n) is 8.58. The summed E-state index contributed by atoms with van der Waals surface area (Å²) in [6.45, 7) is 2.77. The minimum Gasteiger partial charge on any atom is -0.407 e. The zero-order valence-corrected chi connectivity index (χ0v) is 8.58. The fraction of sp³-hybridized carbons (Fsp3) is 0.778. The van der Waals surface area contributed by atoms with Crippen LogP contribution in [-0.4, -0.2) is 23.3 Å². The van der Waals surface area contributed by atoms with Gasteiger partial charge in [0.2, 0.25) is 5.89 Å². The van der Waals surface area contributed by atoms with Crippen LogP contribution in [0.3, 0.4) is 0 Å². The maximum Gasteiger partial charge on any atom is 0.315 e. The van der Waals surface area contributed by atoms with Crippen molar-refractivity contribution in [2.24, 2.45) is 5.92 Å². The van der Waals surface area contributed by atoms with Gasteiger partial charge in [-0.15, -0.1) is 5.10 Å². The first-order valence-electron chi connectivity index (χ1n) is 5.03. The maximum atomic E-state index is 5.38. The van der Waals surface area contributed by atoms with Gasteiger partial charge >= 0.3 is 6.01 Å². The SMILES string of the molecule is CNCc1nnc(NC(C)C2CC2)o1. The highest BCUT2D eigenvalue weighted by Crippen LogP contribution is 2.33. The summed E-state index contributed by atoms with van der Waals surface area (Å²) in [5.74, 6) is 1.41. The molecule has 0 aliphatic heterocycles. The number of anilines is 1. The Morgan fingerprint density at radius 2 is 2.29 bits per heavy atom. The fourth-order valence-corrected chi connectivity index (χ4v) is 1.44. The molecule has 2 rings (SSSR count). The van der Waals surface area contributed by atoms with E-state index in [1.54, 1.807) is 0 Å². The molecule has 5 nitrogen and oxygen atoms in total. The Labute approximate surface area is 83.3 Å². The quantitative estimate of drug-likeness (QED) is 0.735. The van der Waals surface area contributed by atoms with Gasteiger partial charge in [-0.05, 0) is 32.7 Å². The van der Waals surface area contributed by atoms with Crippen LogP contribution in [0.15, 0.2) is 4.42 Å². The van der Waals surface area contributed by atoms with E-state index in [2.05, 4.69) is 27.8 Å². The van der Waals surface area contributed by atoms with Gasteiger partial charge in [0.05, 0.1) is 6.54 Å². The van der Waals surface area contributed by atoms with E-state index < -0.39 is 0 Å². The average Bonchev–Trinajstić information content (AvgIpc) is 2.92. The van der Waals surface area contributed by atoms with Gasteiger partial charge in [-0.1, -0.05) is 5.10 Å². The molecule has 1 aliphatic carbocycles. The van der Waals surface area contributed by atoms with Crippen LogP contribution in [0.1, 0.15) is 25.7 Å². The summed E-state index contributed by atoms with van der Waals surface area (Å²) in [5.41, 5.74) is 0. The monoisotopic (exact) mass is 196 g/mol. The van der Waals surface area contributed by atoms with E-state index in [4.69, 9.17) is 4.42 Å². The molecule has 1 heterocycles. The summed E-state index contributed by atoms with van der Waals surface area (Å²) < 4.78 is 5.38. The van der Waals surface area contributed by atoms with Crippen molar-refractivity contribution in [1.82, 2.24) is 15.5 Å². The highest BCUT2D eigenvalue weighted by atomic mass is 16.4. The molecule has 1 unspecified atom stereocenters. The molecule has 0 radical (unpaired) electrons. The van der Waals surface area contributed by atoms with Gasteiger partial charge in [-0.3, -0.25) is 0 Å². The van der Waals surface area contributed by atoms with Crippen LogP contribution >= 0.6 is 0 Å². The Kier molecular flexibility index (Phi) is 2.67. The number of hydrogen-bond acceptors (Lipinski definition) is 5. The molecule has 1 aromatic heterocycles. The summed E-state index contributed by atoms with van der Waals surface area (Å²) in [6.07, 6.45) is 2.62. The molecular weight excluding hydrogens is 180 g/mol. The first kappa shape index (κ1) is 9.45. The second kappa shape index (κ2) is 3.96. The second-order valence-electron chi connectivity index (χ2n) is 3.80. The van der Waals surface area contributed by atoms with Gasteiger partial charge in [0, 0.05) is 6.04 Å². The van der Waals surface area contributed by atoms with Crippen molar-refractivity contribution in [3.63, 3.8) is 0 Å². The summed E-state index contributed by atoms with van der Waals surface area (Å²) >= 11 is 0. The Hall–Kier alpha value is -1.10. The molecule has 0 bridgehead atoms. The maximum absolute atomic E-state index is 5.38. The van der Waals surface area contributed by atoms with Crippen LogP contribution in [0.5, 0.6) is 0 Å². The molecule has 14 heavy (non-hydrogen) atoms. The van der Waals surface area contributed by atoms with Crippen molar-refractivity contribution < 1.29 is 4.42 Å². The second-order valence-corrected chi connectivity index (χ2v) is 3.80. The van der Waals surface area contributed by atoms with E-state index >= 15 is 0 Å².